The van der Waals surface area contributed by atoms with Crippen LogP contribution in [-0.2, 0) is 0 Å². The molecule has 2 aromatic heterocycles. The summed E-state index contributed by atoms with van der Waals surface area (Å²) >= 11 is 0. The first kappa shape index (κ1) is 14.9. The second-order valence-corrected chi connectivity index (χ2v) is 5.32. The molecule has 0 atom stereocenters. The SMILES string of the molecule is COc1cccc(-c2nc(-c3noc4ccc(C(=O)O)cc34)co2)c1. The van der Waals surface area contributed by atoms with Gasteiger partial charge >= 0.3 is 5.97 Å². The molecule has 2 aromatic carbocycles. The highest BCUT2D eigenvalue weighted by atomic mass is 16.5. The van der Waals surface area contributed by atoms with Crippen LogP contribution in [0.1, 0.15) is 10.4 Å². The fourth-order valence-electron chi connectivity index (χ4n) is 2.53. The first-order valence-corrected chi connectivity index (χ1v) is 7.39. The van der Waals surface area contributed by atoms with Gasteiger partial charge in [-0.1, -0.05) is 11.2 Å². The standard InChI is InChI=1S/C18H12N2O5/c1-23-12-4-2-3-10(7-12)17-19-14(9-24-17)16-13-8-11(18(21)22)5-6-15(13)25-20-16/h2-9H,1H3,(H,21,22). The Morgan fingerprint density at radius 2 is 2.08 bits per heavy atom. The third-order valence-electron chi connectivity index (χ3n) is 3.78. The Labute approximate surface area is 141 Å². The van der Waals surface area contributed by atoms with Crippen LogP contribution < -0.4 is 4.74 Å². The Morgan fingerprint density at radius 3 is 2.88 bits per heavy atom. The zero-order valence-electron chi connectivity index (χ0n) is 13.1. The van der Waals surface area contributed by atoms with Crippen molar-refractivity contribution in [1.82, 2.24) is 10.1 Å². The van der Waals surface area contributed by atoms with E-state index in [1.54, 1.807) is 19.2 Å². The molecule has 25 heavy (non-hydrogen) atoms. The molecular weight excluding hydrogens is 324 g/mol. The van der Waals surface area contributed by atoms with Gasteiger partial charge in [-0.15, -0.1) is 0 Å². The number of nitrogens with zero attached hydrogens (tertiary/aromatic N) is 2. The zero-order valence-corrected chi connectivity index (χ0v) is 13.1. The number of aromatic carboxylic acids is 1. The Bertz CT molecular complexity index is 1080. The summed E-state index contributed by atoms with van der Waals surface area (Å²) in [7, 11) is 1.58. The molecule has 0 amide bonds. The van der Waals surface area contributed by atoms with Crippen LogP contribution in [0.2, 0.25) is 0 Å². The van der Waals surface area contributed by atoms with Gasteiger partial charge < -0.3 is 18.8 Å². The Kier molecular flexibility index (Phi) is 3.46. The van der Waals surface area contributed by atoms with Gasteiger partial charge in [0.2, 0.25) is 5.89 Å². The molecule has 0 spiro atoms. The predicted molar refractivity (Wildman–Crippen MR) is 88.5 cm³/mol. The van der Waals surface area contributed by atoms with Gasteiger partial charge in [-0.2, -0.15) is 0 Å². The van der Waals surface area contributed by atoms with Gasteiger partial charge in [0.25, 0.3) is 0 Å². The van der Waals surface area contributed by atoms with Crippen LogP contribution in [0, 0.1) is 0 Å². The smallest absolute Gasteiger partial charge is 0.335 e. The molecule has 0 aliphatic heterocycles. The second-order valence-electron chi connectivity index (χ2n) is 5.32. The lowest BCUT2D eigenvalue weighted by atomic mass is 10.1. The molecule has 0 aliphatic carbocycles. The van der Waals surface area contributed by atoms with E-state index in [0.29, 0.717) is 34.0 Å². The number of hydrogen-bond donors (Lipinski definition) is 1. The summed E-state index contributed by atoms with van der Waals surface area (Å²) in [6.45, 7) is 0. The molecule has 1 N–H and O–H groups in total. The minimum Gasteiger partial charge on any atom is -0.497 e. The Balaban J connectivity index is 1.78. The van der Waals surface area contributed by atoms with Gasteiger partial charge in [0.05, 0.1) is 18.1 Å². The lowest BCUT2D eigenvalue weighted by molar-refractivity contribution is 0.0697. The monoisotopic (exact) mass is 336 g/mol. The highest BCUT2D eigenvalue weighted by molar-refractivity contribution is 5.97. The summed E-state index contributed by atoms with van der Waals surface area (Å²) in [4.78, 5) is 15.6. The van der Waals surface area contributed by atoms with Crippen molar-refractivity contribution in [1.29, 1.82) is 0 Å². The lowest BCUT2D eigenvalue weighted by Crippen LogP contribution is -1.94. The summed E-state index contributed by atoms with van der Waals surface area (Å²) in [6.07, 6.45) is 1.46. The summed E-state index contributed by atoms with van der Waals surface area (Å²) < 4.78 is 16.0. The molecule has 7 nitrogen and oxygen atoms in total. The molecule has 0 radical (unpaired) electrons. The van der Waals surface area contributed by atoms with Crippen LogP contribution in [-0.4, -0.2) is 28.3 Å². The summed E-state index contributed by atoms with van der Waals surface area (Å²) in [5, 5.41) is 13.7. The van der Waals surface area contributed by atoms with E-state index in [-0.39, 0.29) is 5.56 Å². The van der Waals surface area contributed by atoms with E-state index in [4.69, 9.17) is 18.8 Å². The van der Waals surface area contributed by atoms with Gasteiger partial charge in [-0.05, 0) is 36.4 Å². The average molecular weight is 336 g/mol. The van der Waals surface area contributed by atoms with Gasteiger partial charge in [0.1, 0.15) is 23.4 Å². The van der Waals surface area contributed by atoms with Gasteiger partial charge in [0.15, 0.2) is 5.58 Å². The van der Waals surface area contributed by atoms with E-state index < -0.39 is 5.97 Å². The van der Waals surface area contributed by atoms with Crippen LogP contribution in [0.15, 0.2) is 57.7 Å². The molecule has 0 bridgehead atoms. The normalized spacial score (nSPS) is 10.9. The van der Waals surface area contributed by atoms with Gasteiger partial charge in [0, 0.05) is 5.56 Å². The minimum absolute atomic E-state index is 0.147. The van der Waals surface area contributed by atoms with E-state index in [9.17, 15) is 4.79 Å². The van der Waals surface area contributed by atoms with Crippen LogP contribution in [0.25, 0.3) is 33.8 Å². The van der Waals surface area contributed by atoms with Crippen molar-refractivity contribution in [2.24, 2.45) is 0 Å². The lowest BCUT2D eigenvalue weighted by Gasteiger charge is -2.00. The fourth-order valence-corrected chi connectivity index (χ4v) is 2.53. The van der Waals surface area contributed by atoms with E-state index in [1.807, 2.05) is 18.2 Å². The van der Waals surface area contributed by atoms with E-state index >= 15 is 0 Å². The molecule has 124 valence electrons. The zero-order chi connectivity index (χ0) is 17.4. The highest BCUT2D eigenvalue weighted by Gasteiger charge is 2.17. The Morgan fingerprint density at radius 1 is 1.20 bits per heavy atom. The van der Waals surface area contributed by atoms with Crippen LogP contribution >= 0.6 is 0 Å². The average Bonchev–Trinajstić information content (AvgIpc) is 3.27. The van der Waals surface area contributed by atoms with Crippen molar-refractivity contribution in [3.05, 3.63) is 54.3 Å². The van der Waals surface area contributed by atoms with E-state index in [0.717, 1.165) is 5.56 Å². The van der Waals surface area contributed by atoms with Crippen LogP contribution in [0.3, 0.4) is 0 Å². The number of oxazole rings is 1. The second kappa shape index (κ2) is 5.79. The maximum absolute atomic E-state index is 11.2. The maximum Gasteiger partial charge on any atom is 0.335 e. The number of ether oxygens (including phenoxy) is 1. The van der Waals surface area contributed by atoms with Crippen molar-refractivity contribution in [2.75, 3.05) is 7.11 Å². The number of carboxylic acid groups (broad SMARTS) is 1. The first-order valence-electron chi connectivity index (χ1n) is 7.39. The number of carbonyl (C=O) groups is 1. The number of hydrogen-bond acceptors (Lipinski definition) is 6. The summed E-state index contributed by atoms with van der Waals surface area (Å²) in [5.74, 6) is 0.0703. The summed E-state index contributed by atoms with van der Waals surface area (Å²) in [6, 6.07) is 11.8. The predicted octanol–water partition coefficient (Wildman–Crippen LogP) is 3.86. The molecular formula is C18H12N2O5. The molecule has 4 rings (SSSR count). The third-order valence-corrected chi connectivity index (χ3v) is 3.78. The van der Waals surface area contributed by atoms with Gasteiger partial charge in [-0.25, -0.2) is 9.78 Å². The largest absolute Gasteiger partial charge is 0.497 e. The van der Waals surface area contributed by atoms with Crippen molar-refractivity contribution < 1.29 is 23.6 Å². The molecule has 0 fully saturated rings. The quantitative estimate of drug-likeness (QED) is 0.604. The number of carboxylic acids is 1. The topological polar surface area (TPSA) is 98.6 Å². The number of aromatic nitrogens is 2. The molecule has 0 saturated carbocycles. The molecule has 0 saturated heterocycles. The number of fused-ring (bicyclic) bond motifs is 1. The number of rotatable bonds is 4. The molecule has 4 aromatic rings. The highest BCUT2D eigenvalue weighted by Crippen LogP contribution is 2.31. The van der Waals surface area contributed by atoms with Crippen LogP contribution in [0.4, 0.5) is 0 Å². The molecule has 0 unspecified atom stereocenters. The van der Waals surface area contributed by atoms with E-state index in [2.05, 4.69) is 10.1 Å². The van der Waals surface area contributed by atoms with Crippen molar-refractivity contribution in [2.45, 2.75) is 0 Å². The van der Waals surface area contributed by atoms with Crippen molar-refractivity contribution in [3.63, 3.8) is 0 Å². The van der Waals surface area contributed by atoms with Gasteiger partial charge in [-0.3, -0.25) is 0 Å². The fraction of sp³-hybridized carbons (Fsp3) is 0.0556. The van der Waals surface area contributed by atoms with Crippen LogP contribution in [0.5, 0.6) is 5.75 Å². The summed E-state index contributed by atoms with van der Waals surface area (Å²) in [5.41, 5.74) is 2.26. The van der Waals surface area contributed by atoms with Crippen molar-refractivity contribution in [3.8, 4) is 28.6 Å². The number of benzene rings is 2. The first-order chi connectivity index (χ1) is 12.2. The third kappa shape index (κ3) is 2.61. The molecule has 7 heteroatoms. The molecule has 0 aliphatic rings. The maximum atomic E-state index is 11.2. The molecule has 2 heterocycles. The number of methoxy groups -OCH3 is 1. The Hall–Kier alpha value is -3.61. The van der Waals surface area contributed by atoms with Crippen molar-refractivity contribution >= 4 is 16.9 Å². The van der Waals surface area contributed by atoms with E-state index in [1.165, 1.54) is 18.4 Å². The minimum atomic E-state index is -1.02.